The van der Waals surface area contributed by atoms with Gasteiger partial charge in [0, 0.05) is 36.5 Å². The van der Waals surface area contributed by atoms with Crippen molar-refractivity contribution < 1.29 is 18.6 Å². The zero-order valence-corrected chi connectivity index (χ0v) is 22.4. The van der Waals surface area contributed by atoms with Crippen LogP contribution in [0, 0.1) is 6.92 Å². The third-order valence-electron chi connectivity index (χ3n) is 6.32. The molecule has 0 aliphatic carbocycles. The summed E-state index contributed by atoms with van der Waals surface area (Å²) in [6.07, 6.45) is 6.79. The Kier molecular flexibility index (Phi) is 9.44. The number of azo groups is 1. The van der Waals surface area contributed by atoms with Crippen LogP contribution in [0.4, 0.5) is 11.4 Å². The second kappa shape index (κ2) is 12.3. The molecule has 36 heavy (non-hydrogen) atoms. The number of benzene rings is 2. The highest BCUT2D eigenvalue weighted by atomic mass is 32.2. The van der Waals surface area contributed by atoms with Crippen molar-refractivity contribution in [3.63, 3.8) is 0 Å². The Morgan fingerprint density at radius 2 is 1.53 bits per heavy atom. The van der Waals surface area contributed by atoms with Gasteiger partial charge in [0.05, 0.1) is 10.6 Å². The van der Waals surface area contributed by atoms with Crippen LogP contribution in [0.3, 0.4) is 0 Å². The van der Waals surface area contributed by atoms with E-state index >= 15 is 0 Å². The van der Waals surface area contributed by atoms with Gasteiger partial charge < -0.3 is 10.2 Å². The standard InChI is InChI=1S/C26H37N5O4S/c1-5-8-9-10-11-14-17-31-26(33)24(19(4)29-31)27-28-25-21-16-13-12-15-20(21)23(18-22(25)32)36(34,35)30(6-2)7-3/h12-13,15-16,18,32-33H,5-11,14,17H2,1-4H3. The van der Waals surface area contributed by atoms with Crippen LogP contribution in [0.25, 0.3) is 10.8 Å². The summed E-state index contributed by atoms with van der Waals surface area (Å²) in [7, 11) is -3.81. The lowest BCUT2D eigenvalue weighted by atomic mass is 10.1. The zero-order chi connectivity index (χ0) is 26.3. The molecule has 196 valence electrons. The van der Waals surface area contributed by atoms with Crippen LogP contribution in [0.5, 0.6) is 11.6 Å². The molecule has 0 radical (unpaired) electrons. The predicted octanol–water partition coefficient (Wildman–Crippen LogP) is 6.56. The van der Waals surface area contributed by atoms with Crippen LogP contribution >= 0.6 is 0 Å². The fraction of sp³-hybridized carbons (Fsp3) is 0.500. The highest BCUT2D eigenvalue weighted by molar-refractivity contribution is 7.89. The zero-order valence-electron chi connectivity index (χ0n) is 21.6. The molecule has 0 aliphatic rings. The second-order valence-corrected chi connectivity index (χ2v) is 10.7. The van der Waals surface area contributed by atoms with Crippen molar-refractivity contribution in [1.82, 2.24) is 14.1 Å². The number of sulfonamides is 1. The molecule has 0 unspecified atom stereocenters. The Morgan fingerprint density at radius 1 is 0.917 bits per heavy atom. The van der Waals surface area contributed by atoms with Crippen LogP contribution in [-0.4, -0.2) is 45.8 Å². The largest absolute Gasteiger partial charge is 0.506 e. The minimum atomic E-state index is -3.81. The fourth-order valence-electron chi connectivity index (χ4n) is 4.31. The molecular formula is C26H37N5O4S. The van der Waals surface area contributed by atoms with Gasteiger partial charge in [0.2, 0.25) is 15.9 Å². The lowest BCUT2D eigenvalue weighted by Gasteiger charge is -2.20. The van der Waals surface area contributed by atoms with Crippen LogP contribution < -0.4 is 0 Å². The number of fused-ring (bicyclic) bond motifs is 1. The number of phenols is 1. The number of aryl methyl sites for hydroxylation is 2. The van der Waals surface area contributed by atoms with Gasteiger partial charge >= 0.3 is 0 Å². The first-order valence-corrected chi connectivity index (χ1v) is 14.1. The Bertz CT molecular complexity index is 1310. The molecule has 10 heteroatoms. The van der Waals surface area contributed by atoms with Gasteiger partial charge in [0.15, 0.2) is 5.69 Å². The number of phenolic OH excluding ortho intramolecular Hbond substituents is 1. The molecule has 2 N–H and O–H groups in total. The van der Waals surface area contributed by atoms with Crippen LogP contribution in [0.1, 0.15) is 65.0 Å². The first kappa shape index (κ1) is 27.6. The van der Waals surface area contributed by atoms with Crippen molar-refractivity contribution >= 4 is 32.2 Å². The summed E-state index contributed by atoms with van der Waals surface area (Å²) in [6.45, 7) is 8.68. The Labute approximate surface area is 213 Å². The highest BCUT2D eigenvalue weighted by Crippen LogP contribution is 2.41. The summed E-state index contributed by atoms with van der Waals surface area (Å²) in [5, 5.41) is 35.2. The lowest BCUT2D eigenvalue weighted by Crippen LogP contribution is -2.30. The second-order valence-electron chi connectivity index (χ2n) is 8.83. The van der Waals surface area contributed by atoms with Crippen molar-refractivity contribution in [2.24, 2.45) is 10.2 Å². The Morgan fingerprint density at radius 3 is 2.19 bits per heavy atom. The summed E-state index contributed by atoms with van der Waals surface area (Å²) in [5.41, 5.74) is 0.877. The van der Waals surface area contributed by atoms with E-state index in [0.29, 0.717) is 36.1 Å². The third kappa shape index (κ3) is 5.87. The maximum atomic E-state index is 13.2. The lowest BCUT2D eigenvalue weighted by molar-refractivity contribution is 0.390. The molecule has 0 atom stereocenters. The van der Waals surface area contributed by atoms with Crippen molar-refractivity contribution in [2.75, 3.05) is 13.1 Å². The van der Waals surface area contributed by atoms with E-state index in [4.69, 9.17) is 0 Å². The van der Waals surface area contributed by atoms with Crippen molar-refractivity contribution in [1.29, 1.82) is 0 Å². The SMILES string of the molecule is CCCCCCCCn1nc(C)c(N=Nc2c(O)cc(S(=O)(=O)N(CC)CC)c3ccccc23)c1O. The van der Waals surface area contributed by atoms with Gasteiger partial charge in [-0.2, -0.15) is 9.40 Å². The van der Waals surface area contributed by atoms with E-state index in [-0.39, 0.29) is 27.9 Å². The van der Waals surface area contributed by atoms with Gasteiger partial charge in [-0.25, -0.2) is 13.1 Å². The quantitative estimate of drug-likeness (QED) is 0.197. The summed E-state index contributed by atoms with van der Waals surface area (Å²) in [6, 6.07) is 8.09. The number of aromatic hydroxyl groups is 2. The van der Waals surface area contributed by atoms with Crippen molar-refractivity contribution in [3.05, 3.63) is 36.0 Å². The van der Waals surface area contributed by atoms with Gasteiger partial charge in [-0.05, 0) is 13.3 Å². The molecule has 9 nitrogen and oxygen atoms in total. The van der Waals surface area contributed by atoms with Crippen molar-refractivity contribution in [2.45, 2.75) is 77.7 Å². The number of hydrogen-bond acceptors (Lipinski definition) is 7. The predicted molar refractivity (Wildman–Crippen MR) is 142 cm³/mol. The maximum absolute atomic E-state index is 13.2. The molecule has 3 rings (SSSR count). The molecule has 0 spiro atoms. The molecule has 3 aromatic rings. The number of nitrogens with zero attached hydrogens (tertiary/aromatic N) is 5. The van der Waals surface area contributed by atoms with Gasteiger partial charge in [-0.1, -0.05) is 77.1 Å². The molecule has 0 aliphatic heterocycles. The average Bonchev–Trinajstić information content (AvgIpc) is 3.13. The molecule has 0 amide bonds. The van der Waals surface area contributed by atoms with Gasteiger partial charge in [0.25, 0.3) is 0 Å². The normalized spacial score (nSPS) is 12.4. The van der Waals surface area contributed by atoms with E-state index in [1.165, 1.54) is 34.3 Å². The topological polar surface area (TPSA) is 120 Å². The fourth-order valence-corrected chi connectivity index (χ4v) is 5.98. The molecule has 1 heterocycles. The smallest absolute Gasteiger partial charge is 0.243 e. The average molecular weight is 516 g/mol. The number of hydrogen-bond donors (Lipinski definition) is 2. The van der Waals surface area contributed by atoms with Gasteiger partial charge in [0.1, 0.15) is 11.4 Å². The molecule has 0 saturated carbocycles. The number of unbranched alkanes of at least 4 members (excludes halogenated alkanes) is 5. The van der Waals surface area contributed by atoms with E-state index in [1.54, 1.807) is 45.0 Å². The summed E-state index contributed by atoms with van der Waals surface area (Å²) in [4.78, 5) is 0.0176. The van der Waals surface area contributed by atoms with E-state index in [9.17, 15) is 18.6 Å². The monoisotopic (exact) mass is 515 g/mol. The summed E-state index contributed by atoms with van der Waals surface area (Å²) >= 11 is 0. The van der Waals surface area contributed by atoms with Crippen LogP contribution in [-0.2, 0) is 16.6 Å². The van der Waals surface area contributed by atoms with E-state index in [2.05, 4.69) is 22.3 Å². The molecule has 0 fully saturated rings. The Balaban J connectivity index is 1.93. The number of rotatable bonds is 13. The molecule has 2 aromatic carbocycles. The number of aromatic nitrogens is 2. The van der Waals surface area contributed by atoms with Gasteiger partial charge in [-0.3, -0.25) is 0 Å². The van der Waals surface area contributed by atoms with Gasteiger partial charge in [-0.15, -0.1) is 10.2 Å². The van der Waals surface area contributed by atoms with Crippen LogP contribution in [0.15, 0.2) is 45.5 Å². The minimum Gasteiger partial charge on any atom is -0.506 e. The summed E-state index contributed by atoms with van der Waals surface area (Å²) in [5.74, 6) is -0.380. The molecule has 0 bridgehead atoms. The first-order chi connectivity index (χ1) is 17.3. The van der Waals surface area contributed by atoms with E-state index in [0.717, 1.165) is 19.3 Å². The third-order valence-corrected chi connectivity index (χ3v) is 8.41. The molecular weight excluding hydrogens is 478 g/mol. The summed E-state index contributed by atoms with van der Waals surface area (Å²) < 4.78 is 29.3. The van der Waals surface area contributed by atoms with Crippen LogP contribution in [0.2, 0.25) is 0 Å². The highest BCUT2D eigenvalue weighted by Gasteiger charge is 2.26. The molecule has 1 aromatic heterocycles. The Hall–Kier alpha value is -2.98. The first-order valence-electron chi connectivity index (χ1n) is 12.7. The van der Waals surface area contributed by atoms with E-state index in [1.807, 2.05) is 0 Å². The van der Waals surface area contributed by atoms with Crippen molar-refractivity contribution in [3.8, 4) is 11.6 Å². The molecule has 0 saturated heterocycles. The van der Waals surface area contributed by atoms with E-state index < -0.39 is 10.0 Å². The maximum Gasteiger partial charge on any atom is 0.243 e. The minimum absolute atomic E-state index is 0.0176.